The van der Waals surface area contributed by atoms with Crippen molar-refractivity contribution in [3.8, 4) is 0 Å². The molecule has 0 radical (unpaired) electrons. The van der Waals surface area contributed by atoms with Crippen LogP contribution in [-0.2, 0) is 9.53 Å². The smallest absolute Gasteiger partial charge is 0.292 e. The quantitative estimate of drug-likeness (QED) is 0.467. The molecule has 0 rings (SSSR count). The van der Waals surface area contributed by atoms with Gasteiger partial charge in [0.2, 0.25) is 0 Å². The third kappa shape index (κ3) is 298. The van der Waals surface area contributed by atoms with Gasteiger partial charge in [-0.25, -0.2) is 0 Å². The number of carbonyl (C=O) groups excluding carboxylic acids is 1. The highest BCUT2D eigenvalue weighted by molar-refractivity contribution is 5.36. The average molecular weight is 104 g/mol. The molecule has 0 aliphatic carbocycles. The summed E-state index contributed by atoms with van der Waals surface area (Å²) in [5.74, 6) is 0. The van der Waals surface area contributed by atoms with Crippen molar-refractivity contribution in [2.75, 3.05) is 7.11 Å². The van der Waals surface area contributed by atoms with E-state index in [0.717, 1.165) is 0 Å². The van der Waals surface area contributed by atoms with Crippen LogP contribution in [-0.4, -0.2) is 13.6 Å². The molecule has 0 aromatic heterocycles. The molecule has 0 bridgehead atoms. The number of hydrogen-bond donors (Lipinski definition) is 0. The van der Waals surface area contributed by atoms with Crippen LogP contribution in [0.2, 0.25) is 0 Å². The van der Waals surface area contributed by atoms with E-state index in [0.29, 0.717) is 6.47 Å². The molecule has 0 spiro atoms. The molecule has 0 saturated carbocycles. The molecule has 2 heteroatoms. The van der Waals surface area contributed by atoms with Gasteiger partial charge < -0.3 is 4.74 Å². The molecular weight excluding hydrogens is 92.1 g/mol. The first kappa shape index (κ1) is 9.69. The number of ether oxygens (including phenoxy) is 1. The van der Waals surface area contributed by atoms with Gasteiger partial charge in [0, 0.05) is 0 Å². The second-order valence-electron chi connectivity index (χ2n) is 1.04. The molecule has 0 fully saturated rings. The fourth-order valence-corrected chi connectivity index (χ4v) is 0. The summed E-state index contributed by atoms with van der Waals surface area (Å²) in [4.78, 5) is 8.95. The molecule has 0 heterocycles. The van der Waals surface area contributed by atoms with E-state index in [1.807, 2.05) is 0 Å². The maximum absolute atomic E-state index is 8.95. The SMILES string of the molecule is CCC.COC=O. The minimum absolute atomic E-state index is 0.375. The van der Waals surface area contributed by atoms with Gasteiger partial charge in [0.1, 0.15) is 0 Å². The minimum atomic E-state index is 0.375. The minimum Gasteiger partial charge on any atom is -0.471 e. The molecule has 0 amide bonds. The Hall–Kier alpha value is -0.530. The molecule has 7 heavy (non-hydrogen) atoms. The van der Waals surface area contributed by atoms with E-state index < -0.39 is 0 Å². The first-order valence-electron chi connectivity index (χ1n) is 2.29. The van der Waals surface area contributed by atoms with Gasteiger partial charge in [-0.2, -0.15) is 0 Å². The summed E-state index contributed by atoms with van der Waals surface area (Å²) in [5.41, 5.74) is 0. The maximum atomic E-state index is 8.95. The molecule has 0 unspecified atom stereocenters. The highest BCUT2D eigenvalue weighted by Crippen LogP contribution is 1.56. The summed E-state index contributed by atoms with van der Waals surface area (Å²) in [7, 11) is 1.31. The van der Waals surface area contributed by atoms with E-state index in [1.54, 1.807) is 0 Å². The molecular formula is C5H12O2. The topological polar surface area (TPSA) is 26.3 Å². The Bertz CT molecular complexity index is 27.3. The highest BCUT2D eigenvalue weighted by Gasteiger charge is 1.44. The predicted molar refractivity (Wildman–Crippen MR) is 29.0 cm³/mol. The van der Waals surface area contributed by atoms with Crippen LogP contribution in [0.15, 0.2) is 0 Å². The fraction of sp³-hybridized carbons (Fsp3) is 0.800. The van der Waals surface area contributed by atoms with Crippen LogP contribution in [0, 0.1) is 0 Å². The van der Waals surface area contributed by atoms with Gasteiger partial charge in [-0.15, -0.1) is 0 Å². The van der Waals surface area contributed by atoms with Crippen LogP contribution in [0.4, 0.5) is 0 Å². The van der Waals surface area contributed by atoms with E-state index >= 15 is 0 Å². The van der Waals surface area contributed by atoms with Crippen molar-refractivity contribution in [3.05, 3.63) is 0 Å². The van der Waals surface area contributed by atoms with Gasteiger partial charge in [0.25, 0.3) is 6.47 Å². The first-order chi connectivity index (χ1) is 3.33. The maximum Gasteiger partial charge on any atom is 0.292 e. The second kappa shape index (κ2) is 17.9. The molecule has 44 valence electrons. The zero-order valence-corrected chi connectivity index (χ0v) is 5.10. The molecule has 0 N–H and O–H groups in total. The molecule has 0 aromatic carbocycles. The highest BCUT2D eigenvalue weighted by atomic mass is 16.5. The van der Waals surface area contributed by atoms with Crippen LogP contribution < -0.4 is 0 Å². The molecule has 0 aliphatic heterocycles. The van der Waals surface area contributed by atoms with Gasteiger partial charge in [0.15, 0.2) is 0 Å². The summed E-state index contributed by atoms with van der Waals surface area (Å²) >= 11 is 0. The Balaban J connectivity index is 0. The summed E-state index contributed by atoms with van der Waals surface area (Å²) in [6.45, 7) is 4.62. The Morgan fingerprint density at radius 1 is 1.57 bits per heavy atom. The average Bonchev–Trinajstić information content (AvgIpc) is 1.69. The number of hydrogen-bond acceptors (Lipinski definition) is 2. The largest absolute Gasteiger partial charge is 0.471 e. The third-order valence-electron chi connectivity index (χ3n) is 0.0962. The lowest BCUT2D eigenvalue weighted by Crippen LogP contribution is -1.68. The standard InChI is InChI=1S/C3H8.C2H4O2/c1-3-2;1-4-2-3/h3H2,1-2H3;2H,1H3. The number of carbonyl (C=O) groups is 1. The van der Waals surface area contributed by atoms with E-state index in [9.17, 15) is 0 Å². The molecule has 0 saturated heterocycles. The molecule has 0 aliphatic rings. The van der Waals surface area contributed by atoms with Crippen LogP contribution in [0.5, 0.6) is 0 Å². The lowest BCUT2D eigenvalue weighted by Gasteiger charge is -1.67. The van der Waals surface area contributed by atoms with E-state index in [-0.39, 0.29) is 0 Å². The summed E-state index contributed by atoms with van der Waals surface area (Å²) in [6.07, 6.45) is 1.25. The van der Waals surface area contributed by atoms with E-state index in [2.05, 4.69) is 18.6 Å². The lowest BCUT2D eigenvalue weighted by molar-refractivity contribution is -0.126. The first-order valence-corrected chi connectivity index (χ1v) is 2.29. The number of methoxy groups -OCH3 is 1. The van der Waals surface area contributed by atoms with Crippen molar-refractivity contribution in [3.63, 3.8) is 0 Å². The predicted octanol–water partition coefficient (Wildman–Crippen LogP) is 1.21. The summed E-state index contributed by atoms with van der Waals surface area (Å²) in [5, 5.41) is 0. The van der Waals surface area contributed by atoms with Crippen LogP contribution in [0.1, 0.15) is 20.3 Å². The Morgan fingerprint density at radius 3 is 1.71 bits per heavy atom. The van der Waals surface area contributed by atoms with Crippen LogP contribution in [0.25, 0.3) is 0 Å². The van der Waals surface area contributed by atoms with Crippen molar-refractivity contribution < 1.29 is 9.53 Å². The van der Waals surface area contributed by atoms with Crippen molar-refractivity contribution in [2.24, 2.45) is 0 Å². The molecule has 0 atom stereocenters. The van der Waals surface area contributed by atoms with Crippen molar-refractivity contribution in [1.82, 2.24) is 0 Å². The normalized spacial score (nSPS) is 5.57. The van der Waals surface area contributed by atoms with E-state index in [4.69, 9.17) is 4.79 Å². The third-order valence-corrected chi connectivity index (χ3v) is 0.0962. The Morgan fingerprint density at radius 2 is 1.71 bits per heavy atom. The summed E-state index contributed by atoms with van der Waals surface area (Å²) < 4.78 is 3.86. The van der Waals surface area contributed by atoms with Gasteiger partial charge in [-0.05, 0) is 0 Å². The van der Waals surface area contributed by atoms with Gasteiger partial charge in [-0.3, -0.25) is 4.79 Å². The van der Waals surface area contributed by atoms with Gasteiger partial charge in [-0.1, -0.05) is 20.3 Å². The Labute approximate surface area is 44.5 Å². The summed E-state index contributed by atoms with van der Waals surface area (Å²) in [6, 6.07) is 0. The second-order valence-corrected chi connectivity index (χ2v) is 1.04. The van der Waals surface area contributed by atoms with Gasteiger partial charge >= 0.3 is 0 Å². The lowest BCUT2D eigenvalue weighted by atomic mass is 10.6. The van der Waals surface area contributed by atoms with Crippen LogP contribution in [0.3, 0.4) is 0 Å². The van der Waals surface area contributed by atoms with Crippen LogP contribution >= 0.6 is 0 Å². The monoisotopic (exact) mass is 104 g/mol. The van der Waals surface area contributed by atoms with Crippen molar-refractivity contribution >= 4 is 6.47 Å². The molecule has 2 nitrogen and oxygen atoms in total. The van der Waals surface area contributed by atoms with Gasteiger partial charge in [0.05, 0.1) is 7.11 Å². The van der Waals surface area contributed by atoms with Crippen molar-refractivity contribution in [2.45, 2.75) is 20.3 Å². The number of rotatable bonds is 1. The molecule has 0 aromatic rings. The van der Waals surface area contributed by atoms with E-state index in [1.165, 1.54) is 13.5 Å². The zero-order valence-electron chi connectivity index (χ0n) is 5.10. The van der Waals surface area contributed by atoms with Crippen molar-refractivity contribution in [1.29, 1.82) is 0 Å². The fourth-order valence-electron chi connectivity index (χ4n) is 0. The zero-order chi connectivity index (χ0) is 6.12. The Kier molecular flexibility index (Phi) is 24.8.